The maximum Gasteiger partial charge on any atom is 0.288 e. The summed E-state index contributed by atoms with van der Waals surface area (Å²) < 4.78 is 14.0. The van der Waals surface area contributed by atoms with Gasteiger partial charge in [0.2, 0.25) is 0 Å². The molecular formula is C16H16BrFN2O4. The van der Waals surface area contributed by atoms with Crippen molar-refractivity contribution in [3.63, 3.8) is 0 Å². The molecule has 0 atom stereocenters. The van der Waals surface area contributed by atoms with E-state index in [1.807, 2.05) is 0 Å². The van der Waals surface area contributed by atoms with Crippen LogP contribution < -0.4 is 4.73 Å². The molecule has 128 valence electrons. The lowest BCUT2D eigenvalue weighted by molar-refractivity contribution is -0.607. The number of rotatable bonds is 3. The number of phenolic OH excluding ortho intramolecular Hbond substituents is 1. The fourth-order valence-electron chi connectivity index (χ4n) is 1.83. The van der Waals surface area contributed by atoms with E-state index in [0.717, 1.165) is 12.3 Å². The summed E-state index contributed by atoms with van der Waals surface area (Å²) in [5.41, 5.74) is -1.01. The number of halogens is 2. The van der Waals surface area contributed by atoms with E-state index in [4.69, 9.17) is 4.84 Å². The number of aromatic nitrogens is 1. The summed E-state index contributed by atoms with van der Waals surface area (Å²) >= 11 is 3.02. The summed E-state index contributed by atoms with van der Waals surface area (Å²) in [5, 5.41) is 36.1. The Bertz CT molecular complexity index is 783. The smallest absolute Gasteiger partial charge is 0.288 e. The minimum atomic E-state index is -0.684. The SMILES string of the molecule is CC(C)(C)O/N=C(\c1cc(Br)c(F)cc1O)c1c(O)ccc[n+]1[O-]. The molecule has 0 saturated heterocycles. The molecule has 0 unspecified atom stereocenters. The summed E-state index contributed by atoms with van der Waals surface area (Å²) in [6.07, 6.45) is 1.16. The first-order valence-electron chi connectivity index (χ1n) is 6.96. The second-order valence-corrected chi connectivity index (χ2v) is 6.85. The largest absolute Gasteiger partial charge is 0.618 e. The van der Waals surface area contributed by atoms with Crippen molar-refractivity contribution in [1.82, 2.24) is 0 Å². The van der Waals surface area contributed by atoms with Gasteiger partial charge in [-0.1, -0.05) is 5.16 Å². The quantitative estimate of drug-likeness (QED) is 0.359. The standard InChI is InChI=1S/C16H16BrFN2O4/c1-16(2,3)24-19-14(15-12(21)5-4-6-20(15)23)9-7-10(17)11(18)8-13(9)22/h4-8,21-22H,1-3H3/b19-14+. The molecule has 2 rings (SSSR count). The molecule has 1 aromatic carbocycles. The lowest BCUT2D eigenvalue weighted by atomic mass is 10.0. The lowest BCUT2D eigenvalue weighted by Gasteiger charge is -2.17. The van der Waals surface area contributed by atoms with Gasteiger partial charge in [-0.2, -0.15) is 4.73 Å². The van der Waals surface area contributed by atoms with E-state index < -0.39 is 17.2 Å². The van der Waals surface area contributed by atoms with Gasteiger partial charge in [0, 0.05) is 12.1 Å². The molecule has 8 heteroatoms. The normalized spacial score (nSPS) is 12.3. The zero-order valence-corrected chi connectivity index (χ0v) is 14.8. The minimum Gasteiger partial charge on any atom is -0.618 e. The second-order valence-electron chi connectivity index (χ2n) is 5.99. The first-order valence-corrected chi connectivity index (χ1v) is 7.75. The fraction of sp³-hybridized carbons (Fsp3) is 0.250. The Morgan fingerprint density at radius 1 is 1.29 bits per heavy atom. The van der Waals surface area contributed by atoms with E-state index in [2.05, 4.69) is 21.1 Å². The Labute approximate surface area is 146 Å². The average molecular weight is 399 g/mol. The van der Waals surface area contributed by atoms with Crippen molar-refractivity contribution < 1.29 is 24.2 Å². The van der Waals surface area contributed by atoms with Crippen molar-refractivity contribution in [3.05, 3.63) is 57.2 Å². The highest BCUT2D eigenvalue weighted by Crippen LogP contribution is 2.29. The van der Waals surface area contributed by atoms with E-state index in [9.17, 15) is 19.8 Å². The zero-order chi connectivity index (χ0) is 18.1. The summed E-state index contributed by atoms with van der Waals surface area (Å²) in [7, 11) is 0. The van der Waals surface area contributed by atoms with Gasteiger partial charge in [0.1, 0.15) is 17.2 Å². The van der Waals surface area contributed by atoms with Crippen LogP contribution in [0.3, 0.4) is 0 Å². The number of benzene rings is 1. The Morgan fingerprint density at radius 2 is 1.96 bits per heavy atom. The fourth-order valence-corrected chi connectivity index (χ4v) is 2.18. The number of hydrogen-bond donors (Lipinski definition) is 2. The molecule has 1 aromatic heterocycles. The molecule has 24 heavy (non-hydrogen) atoms. The van der Waals surface area contributed by atoms with Gasteiger partial charge in [-0.3, -0.25) is 0 Å². The predicted octanol–water partition coefficient (Wildman–Crippen LogP) is 3.20. The van der Waals surface area contributed by atoms with E-state index >= 15 is 0 Å². The van der Waals surface area contributed by atoms with Gasteiger partial charge in [0.25, 0.3) is 5.69 Å². The molecule has 2 N–H and O–H groups in total. The van der Waals surface area contributed by atoms with E-state index in [1.165, 1.54) is 18.2 Å². The van der Waals surface area contributed by atoms with Crippen LogP contribution in [0.2, 0.25) is 0 Å². The predicted molar refractivity (Wildman–Crippen MR) is 89.3 cm³/mol. The second kappa shape index (κ2) is 6.64. The maximum absolute atomic E-state index is 13.6. The van der Waals surface area contributed by atoms with Crippen LogP contribution in [0, 0.1) is 11.0 Å². The Kier molecular flexibility index (Phi) is 4.98. The van der Waals surface area contributed by atoms with Gasteiger partial charge in [0.05, 0.1) is 10.0 Å². The molecule has 0 aliphatic heterocycles. The summed E-state index contributed by atoms with van der Waals surface area (Å²) in [5.74, 6) is -1.49. The number of phenols is 1. The molecule has 0 saturated carbocycles. The third-order valence-corrected chi connectivity index (χ3v) is 3.48. The van der Waals surface area contributed by atoms with Crippen LogP contribution in [0.15, 0.2) is 40.1 Å². The van der Waals surface area contributed by atoms with Crippen LogP contribution in [0.25, 0.3) is 0 Å². The Hall–Kier alpha value is -2.35. The van der Waals surface area contributed by atoms with Gasteiger partial charge < -0.3 is 20.3 Å². The number of nitrogens with zero attached hydrogens (tertiary/aromatic N) is 2. The third-order valence-electron chi connectivity index (χ3n) is 2.87. The first kappa shape index (κ1) is 18.0. The van der Waals surface area contributed by atoms with Crippen LogP contribution in [0.5, 0.6) is 11.5 Å². The van der Waals surface area contributed by atoms with Crippen LogP contribution in [0.1, 0.15) is 32.0 Å². The summed E-state index contributed by atoms with van der Waals surface area (Å²) in [4.78, 5) is 5.34. The van der Waals surface area contributed by atoms with Crippen molar-refractivity contribution in [2.24, 2.45) is 5.16 Å². The maximum atomic E-state index is 13.6. The average Bonchev–Trinajstić information content (AvgIpc) is 2.45. The summed E-state index contributed by atoms with van der Waals surface area (Å²) in [6.45, 7) is 5.22. The molecule has 0 fully saturated rings. The Morgan fingerprint density at radius 3 is 2.54 bits per heavy atom. The number of pyridine rings is 1. The molecular weight excluding hydrogens is 383 g/mol. The topological polar surface area (TPSA) is 89.0 Å². The Balaban J connectivity index is 2.72. The molecule has 0 spiro atoms. The zero-order valence-electron chi connectivity index (χ0n) is 13.2. The van der Waals surface area contributed by atoms with Gasteiger partial charge in [-0.15, -0.1) is 0 Å². The van der Waals surface area contributed by atoms with Crippen LogP contribution in [0.4, 0.5) is 4.39 Å². The van der Waals surface area contributed by atoms with E-state index in [-0.39, 0.29) is 27.2 Å². The van der Waals surface area contributed by atoms with Crippen molar-refractivity contribution in [3.8, 4) is 11.5 Å². The highest BCUT2D eigenvalue weighted by atomic mass is 79.9. The van der Waals surface area contributed by atoms with Crippen LogP contribution in [-0.4, -0.2) is 21.5 Å². The highest BCUT2D eigenvalue weighted by molar-refractivity contribution is 9.10. The molecule has 0 radical (unpaired) electrons. The van der Waals surface area contributed by atoms with Crippen molar-refractivity contribution in [1.29, 1.82) is 0 Å². The summed E-state index contributed by atoms with van der Waals surface area (Å²) in [6, 6.07) is 4.78. The molecule has 0 bridgehead atoms. The van der Waals surface area contributed by atoms with E-state index in [1.54, 1.807) is 20.8 Å². The van der Waals surface area contributed by atoms with Gasteiger partial charge >= 0.3 is 0 Å². The van der Waals surface area contributed by atoms with Crippen molar-refractivity contribution in [2.45, 2.75) is 26.4 Å². The molecule has 1 heterocycles. The molecule has 6 nitrogen and oxygen atoms in total. The number of aromatic hydroxyl groups is 2. The third kappa shape index (κ3) is 3.94. The van der Waals surface area contributed by atoms with Crippen LogP contribution >= 0.6 is 15.9 Å². The van der Waals surface area contributed by atoms with Crippen LogP contribution in [-0.2, 0) is 4.84 Å². The number of oxime groups is 1. The molecule has 0 aliphatic carbocycles. The minimum absolute atomic E-state index is 0.0265. The van der Waals surface area contributed by atoms with Crippen molar-refractivity contribution in [2.75, 3.05) is 0 Å². The first-order chi connectivity index (χ1) is 11.1. The van der Waals surface area contributed by atoms with E-state index in [0.29, 0.717) is 4.73 Å². The van der Waals surface area contributed by atoms with Gasteiger partial charge in [-0.05, 0) is 48.8 Å². The molecule has 2 aromatic rings. The number of hydrogen-bond acceptors (Lipinski definition) is 5. The highest BCUT2D eigenvalue weighted by Gasteiger charge is 2.26. The molecule has 0 aliphatic rings. The monoisotopic (exact) mass is 398 g/mol. The van der Waals surface area contributed by atoms with Gasteiger partial charge in [0.15, 0.2) is 17.7 Å². The molecule has 0 amide bonds. The van der Waals surface area contributed by atoms with Crippen molar-refractivity contribution >= 4 is 21.6 Å². The van der Waals surface area contributed by atoms with Gasteiger partial charge in [-0.25, -0.2) is 4.39 Å². The lowest BCUT2D eigenvalue weighted by Crippen LogP contribution is -2.35.